The van der Waals surface area contributed by atoms with Crippen LogP contribution in [0.1, 0.15) is 36.7 Å². The van der Waals surface area contributed by atoms with E-state index < -0.39 is 18.2 Å². The second kappa shape index (κ2) is 12.3. The molecule has 0 aliphatic carbocycles. The molecule has 0 radical (unpaired) electrons. The van der Waals surface area contributed by atoms with Crippen LogP contribution >= 0.6 is 0 Å². The highest BCUT2D eigenvalue weighted by Gasteiger charge is 2.34. The smallest absolute Gasteiger partial charge is 0.259 e. The van der Waals surface area contributed by atoms with Crippen LogP contribution in [0.25, 0.3) is 0 Å². The molecule has 3 heterocycles. The van der Waals surface area contributed by atoms with Gasteiger partial charge in [0.25, 0.3) is 5.91 Å². The van der Waals surface area contributed by atoms with Gasteiger partial charge in [0.1, 0.15) is 17.8 Å². The molecule has 0 aromatic carbocycles. The Morgan fingerprint density at radius 1 is 1.34 bits per heavy atom. The Morgan fingerprint density at radius 3 is 2.71 bits per heavy atom. The first kappa shape index (κ1) is 26.9. The first-order valence-corrected chi connectivity index (χ1v) is 12.0. The summed E-state index contributed by atoms with van der Waals surface area (Å²) in [6.45, 7) is 8.79. The summed E-state index contributed by atoms with van der Waals surface area (Å²) in [5.41, 5.74) is 0.711. The van der Waals surface area contributed by atoms with Gasteiger partial charge in [-0.1, -0.05) is 18.8 Å². The third-order valence-corrected chi connectivity index (χ3v) is 6.29. The molecule has 2 aliphatic rings. The molecule has 0 unspecified atom stereocenters. The molecule has 2 aliphatic heterocycles. The second-order valence-corrected chi connectivity index (χ2v) is 9.31. The zero-order valence-electron chi connectivity index (χ0n) is 20.9. The van der Waals surface area contributed by atoms with Crippen LogP contribution in [0, 0.1) is 17.8 Å². The van der Waals surface area contributed by atoms with Gasteiger partial charge in [0.05, 0.1) is 39.0 Å². The van der Waals surface area contributed by atoms with Crippen LogP contribution in [-0.2, 0) is 9.53 Å². The number of rotatable bonds is 6. The third kappa shape index (κ3) is 7.15. The van der Waals surface area contributed by atoms with Crippen LogP contribution in [0.5, 0.6) is 5.88 Å². The third-order valence-electron chi connectivity index (χ3n) is 6.29. The monoisotopic (exact) mass is 488 g/mol. The summed E-state index contributed by atoms with van der Waals surface area (Å²) in [7, 11) is 1.75. The average molecular weight is 489 g/mol. The van der Waals surface area contributed by atoms with Gasteiger partial charge >= 0.3 is 0 Å². The highest BCUT2D eigenvalue weighted by molar-refractivity contribution is 5.97. The van der Waals surface area contributed by atoms with Gasteiger partial charge < -0.3 is 29.5 Å². The van der Waals surface area contributed by atoms with Crippen molar-refractivity contribution in [1.29, 1.82) is 0 Å². The lowest BCUT2D eigenvalue weighted by Gasteiger charge is -2.38. The van der Waals surface area contributed by atoms with E-state index in [4.69, 9.17) is 9.47 Å². The molecule has 4 atom stereocenters. The summed E-state index contributed by atoms with van der Waals surface area (Å²) >= 11 is 0. The number of pyridine rings is 1. The SMILES string of the molecule is C[C@H](O)C#Cc1cnc2c(c1)C(=O)N([C@H](C)CO)C[C@@H](C)[C@@H](CN(C)C(=O)CN1CCOCC1)O2. The van der Waals surface area contributed by atoms with Crippen LogP contribution in [0.4, 0.5) is 0 Å². The molecule has 1 aromatic heterocycles. The van der Waals surface area contributed by atoms with E-state index in [1.165, 1.54) is 6.20 Å². The summed E-state index contributed by atoms with van der Waals surface area (Å²) in [5, 5.41) is 19.2. The van der Waals surface area contributed by atoms with Crippen molar-refractivity contribution in [3.05, 3.63) is 23.4 Å². The minimum Gasteiger partial charge on any atom is -0.472 e. The largest absolute Gasteiger partial charge is 0.472 e. The Morgan fingerprint density at radius 2 is 2.06 bits per heavy atom. The van der Waals surface area contributed by atoms with Crippen molar-refractivity contribution in [2.45, 2.75) is 39.0 Å². The predicted molar refractivity (Wildman–Crippen MR) is 129 cm³/mol. The molecule has 10 heteroatoms. The molecule has 10 nitrogen and oxygen atoms in total. The molecule has 0 spiro atoms. The molecular weight excluding hydrogens is 452 g/mol. The quantitative estimate of drug-likeness (QED) is 0.530. The summed E-state index contributed by atoms with van der Waals surface area (Å²) in [6.07, 6.45) is 0.263. The fraction of sp³-hybridized carbons (Fsp3) is 0.640. The predicted octanol–water partition coefficient (Wildman–Crippen LogP) is -0.175. The number of hydrogen-bond acceptors (Lipinski definition) is 8. The van der Waals surface area contributed by atoms with Gasteiger partial charge in [-0.3, -0.25) is 14.5 Å². The standard InChI is InChI=1S/C25H36N4O6/c1-17-13-29(18(2)16-30)25(33)21-11-20(6-5-19(3)31)12-26-24(21)35-22(17)14-27(4)23(32)15-28-7-9-34-10-8-28/h11-12,17-19,22,30-31H,7-10,13-16H2,1-4H3/t17-,18-,19+,22-/m1/s1. The van der Waals surface area contributed by atoms with Crippen molar-refractivity contribution in [2.24, 2.45) is 5.92 Å². The lowest BCUT2D eigenvalue weighted by Crippen LogP contribution is -2.51. The molecule has 1 saturated heterocycles. The number of likely N-dealkylation sites (N-methyl/N-ethyl adjacent to an activating group) is 1. The molecule has 192 valence electrons. The van der Waals surface area contributed by atoms with Gasteiger partial charge in [-0.25, -0.2) is 4.98 Å². The number of fused-ring (bicyclic) bond motifs is 1. The Balaban J connectivity index is 1.85. The number of carbonyl (C=O) groups is 2. The van der Waals surface area contributed by atoms with E-state index in [-0.39, 0.29) is 35.8 Å². The molecule has 2 N–H and O–H groups in total. The van der Waals surface area contributed by atoms with Crippen LogP contribution < -0.4 is 4.74 Å². The number of morpholine rings is 1. The van der Waals surface area contributed by atoms with Gasteiger partial charge in [0.15, 0.2) is 0 Å². The number of hydrogen-bond donors (Lipinski definition) is 2. The summed E-state index contributed by atoms with van der Waals surface area (Å²) in [6, 6.07) is 1.18. The second-order valence-electron chi connectivity index (χ2n) is 9.31. The van der Waals surface area contributed by atoms with E-state index >= 15 is 0 Å². The van der Waals surface area contributed by atoms with Crippen molar-refractivity contribution in [3.8, 4) is 17.7 Å². The lowest BCUT2D eigenvalue weighted by atomic mass is 10.00. The Hall–Kier alpha value is -2.71. The summed E-state index contributed by atoms with van der Waals surface area (Å²) < 4.78 is 11.6. The van der Waals surface area contributed by atoms with Crippen LogP contribution in [0.15, 0.2) is 12.3 Å². The zero-order chi connectivity index (χ0) is 25.5. The van der Waals surface area contributed by atoms with Gasteiger partial charge in [-0.05, 0) is 19.9 Å². The average Bonchev–Trinajstić information content (AvgIpc) is 2.84. The normalized spacial score (nSPS) is 22.6. The maximum Gasteiger partial charge on any atom is 0.259 e. The Labute approximate surface area is 206 Å². The molecule has 0 saturated carbocycles. The van der Waals surface area contributed by atoms with Crippen molar-refractivity contribution in [1.82, 2.24) is 19.7 Å². The molecule has 3 rings (SSSR count). The fourth-order valence-corrected chi connectivity index (χ4v) is 4.02. The number of aliphatic hydroxyl groups is 2. The molecule has 1 fully saturated rings. The molecular formula is C25H36N4O6. The number of nitrogens with zero attached hydrogens (tertiary/aromatic N) is 4. The maximum absolute atomic E-state index is 13.4. The van der Waals surface area contributed by atoms with Crippen molar-refractivity contribution in [3.63, 3.8) is 0 Å². The van der Waals surface area contributed by atoms with E-state index in [0.717, 1.165) is 13.1 Å². The molecule has 0 bridgehead atoms. The minimum absolute atomic E-state index is 0.0154. The van der Waals surface area contributed by atoms with Gasteiger partial charge in [0.2, 0.25) is 11.8 Å². The number of carbonyl (C=O) groups excluding carboxylic acids is 2. The molecule has 2 amide bonds. The molecule has 1 aromatic rings. The number of amides is 2. The summed E-state index contributed by atoms with van der Waals surface area (Å²) in [5.74, 6) is 5.17. The van der Waals surface area contributed by atoms with E-state index in [1.54, 1.807) is 36.8 Å². The zero-order valence-corrected chi connectivity index (χ0v) is 20.9. The Kier molecular flexibility index (Phi) is 9.46. The van der Waals surface area contributed by atoms with Gasteiger partial charge in [0, 0.05) is 44.4 Å². The van der Waals surface area contributed by atoms with Crippen LogP contribution in [0.2, 0.25) is 0 Å². The van der Waals surface area contributed by atoms with E-state index in [9.17, 15) is 19.8 Å². The summed E-state index contributed by atoms with van der Waals surface area (Å²) in [4.78, 5) is 36.0. The van der Waals surface area contributed by atoms with Crippen molar-refractivity contribution >= 4 is 11.8 Å². The number of aromatic nitrogens is 1. The first-order chi connectivity index (χ1) is 16.7. The highest BCUT2D eigenvalue weighted by Crippen LogP contribution is 2.27. The van der Waals surface area contributed by atoms with E-state index in [1.807, 2.05) is 6.92 Å². The fourth-order valence-electron chi connectivity index (χ4n) is 4.02. The van der Waals surface area contributed by atoms with Crippen LogP contribution in [-0.4, -0.2) is 120 Å². The van der Waals surface area contributed by atoms with Crippen LogP contribution in [0.3, 0.4) is 0 Å². The Bertz CT molecular complexity index is 953. The topological polar surface area (TPSA) is 116 Å². The number of aliphatic hydroxyl groups excluding tert-OH is 2. The highest BCUT2D eigenvalue weighted by atomic mass is 16.5. The number of ether oxygens (including phenoxy) is 2. The van der Waals surface area contributed by atoms with Gasteiger partial charge in [-0.2, -0.15) is 0 Å². The van der Waals surface area contributed by atoms with E-state index in [0.29, 0.717) is 38.4 Å². The first-order valence-electron chi connectivity index (χ1n) is 12.0. The maximum atomic E-state index is 13.4. The van der Waals surface area contributed by atoms with Crippen molar-refractivity contribution in [2.75, 3.05) is 59.6 Å². The molecule has 35 heavy (non-hydrogen) atoms. The van der Waals surface area contributed by atoms with Crippen molar-refractivity contribution < 1.29 is 29.3 Å². The minimum atomic E-state index is -0.814. The lowest BCUT2D eigenvalue weighted by molar-refractivity contribution is -0.133. The van der Waals surface area contributed by atoms with Gasteiger partial charge in [-0.15, -0.1) is 0 Å². The van der Waals surface area contributed by atoms with E-state index in [2.05, 4.69) is 21.7 Å².